The molecule has 0 saturated heterocycles. The molecule has 0 unspecified atom stereocenters. The SMILES string of the molecule is COc1ccc(NC(=O)COc2ccc(S(=O)(=O)NCC(C)C)cc2C)cc1. The highest BCUT2D eigenvalue weighted by Crippen LogP contribution is 2.22. The molecule has 7 nitrogen and oxygen atoms in total. The number of anilines is 1. The van der Waals surface area contributed by atoms with Crippen LogP contribution in [0.3, 0.4) is 0 Å². The van der Waals surface area contributed by atoms with Crippen LogP contribution in [0.2, 0.25) is 0 Å². The first kappa shape index (κ1) is 21.7. The maximum absolute atomic E-state index is 12.3. The lowest BCUT2D eigenvalue weighted by molar-refractivity contribution is -0.118. The standard InChI is InChI=1S/C20H26N2O5S/c1-14(2)12-21-28(24,25)18-9-10-19(15(3)11-18)27-13-20(23)22-16-5-7-17(26-4)8-6-16/h5-11,14,21H,12-13H2,1-4H3,(H,22,23). The number of carbonyl (C=O) groups excluding carboxylic acids is 1. The van der Waals surface area contributed by atoms with E-state index in [1.54, 1.807) is 44.4 Å². The number of carbonyl (C=O) groups is 1. The van der Waals surface area contributed by atoms with E-state index in [9.17, 15) is 13.2 Å². The van der Waals surface area contributed by atoms with Crippen LogP contribution >= 0.6 is 0 Å². The molecule has 1 amide bonds. The minimum absolute atomic E-state index is 0.167. The van der Waals surface area contributed by atoms with Gasteiger partial charge in [0.2, 0.25) is 10.0 Å². The van der Waals surface area contributed by atoms with Gasteiger partial charge in [0.15, 0.2) is 6.61 Å². The molecule has 0 atom stereocenters. The van der Waals surface area contributed by atoms with Crippen LogP contribution in [0, 0.1) is 12.8 Å². The van der Waals surface area contributed by atoms with E-state index < -0.39 is 10.0 Å². The highest BCUT2D eigenvalue weighted by atomic mass is 32.2. The Kier molecular flexibility index (Phi) is 7.42. The van der Waals surface area contributed by atoms with Crippen LogP contribution in [0.1, 0.15) is 19.4 Å². The number of methoxy groups -OCH3 is 1. The van der Waals surface area contributed by atoms with E-state index >= 15 is 0 Å². The third kappa shape index (κ3) is 6.24. The average Bonchev–Trinajstić information content (AvgIpc) is 2.66. The Balaban J connectivity index is 1.96. The number of aryl methyl sites for hydroxylation is 1. The van der Waals surface area contributed by atoms with E-state index in [1.807, 2.05) is 13.8 Å². The van der Waals surface area contributed by atoms with Gasteiger partial charge in [-0.2, -0.15) is 0 Å². The lowest BCUT2D eigenvalue weighted by Gasteiger charge is -2.13. The van der Waals surface area contributed by atoms with Gasteiger partial charge >= 0.3 is 0 Å². The zero-order valence-electron chi connectivity index (χ0n) is 16.5. The van der Waals surface area contributed by atoms with Gasteiger partial charge in [-0.1, -0.05) is 13.8 Å². The maximum Gasteiger partial charge on any atom is 0.262 e. The highest BCUT2D eigenvalue weighted by Gasteiger charge is 2.16. The molecular formula is C20H26N2O5S. The summed E-state index contributed by atoms with van der Waals surface area (Å²) < 4.78 is 37.7. The van der Waals surface area contributed by atoms with Crippen LogP contribution in [0.25, 0.3) is 0 Å². The molecule has 0 aromatic heterocycles. The summed E-state index contributed by atoms with van der Waals surface area (Å²) in [7, 11) is -2.00. The number of rotatable bonds is 9. The van der Waals surface area contributed by atoms with Crippen molar-refractivity contribution in [1.29, 1.82) is 0 Å². The lowest BCUT2D eigenvalue weighted by atomic mass is 10.2. The second-order valence-corrected chi connectivity index (χ2v) is 8.51. The van der Waals surface area contributed by atoms with Gasteiger partial charge in [-0.3, -0.25) is 4.79 Å². The molecule has 2 aromatic rings. The van der Waals surface area contributed by atoms with Crippen molar-refractivity contribution in [3.05, 3.63) is 48.0 Å². The summed E-state index contributed by atoms with van der Waals surface area (Å²) in [4.78, 5) is 12.2. The van der Waals surface area contributed by atoms with Crippen molar-refractivity contribution in [2.75, 3.05) is 25.6 Å². The molecule has 0 bridgehead atoms. The zero-order chi connectivity index (χ0) is 20.7. The van der Waals surface area contributed by atoms with Gasteiger partial charge in [0.05, 0.1) is 12.0 Å². The molecule has 2 aromatic carbocycles. The van der Waals surface area contributed by atoms with Gasteiger partial charge in [-0.05, 0) is 60.9 Å². The Morgan fingerprint density at radius 1 is 1.11 bits per heavy atom. The van der Waals surface area contributed by atoms with Crippen LogP contribution < -0.4 is 19.5 Å². The Labute approximate surface area is 166 Å². The number of sulfonamides is 1. The van der Waals surface area contributed by atoms with Crippen molar-refractivity contribution in [2.24, 2.45) is 5.92 Å². The van der Waals surface area contributed by atoms with E-state index in [1.165, 1.54) is 12.1 Å². The molecular weight excluding hydrogens is 380 g/mol. The number of benzene rings is 2. The molecule has 28 heavy (non-hydrogen) atoms. The Hall–Kier alpha value is -2.58. The monoisotopic (exact) mass is 406 g/mol. The average molecular weight is 407 g/mol. The van der Waals surface area contributed by atoms with E-state index in [4.69, 9.17) is 9.47 Å². The van der Waals surface area contributed by atoms with Crippen LogP contribution in [0.5, 0.6) is 11.5 Å². The van der Waals surface area contributed by atoms with E-state index in [-0.39, 0.29) is 23.3 Å². The van der Waals surface area contributed by atoms with Crippen molar-refractivity contribution in [2.45, 2.75) is 25.7 Å². The van der Waals surface area contributed by atoms with E-state index in [0.29, 0.717) is 29.3 Å². The second kappa shape index (κ2) is 9.57. The minimum atomic E-state index is -3.57. The first-order chi connectivity index (χ1) is 13.2. The normalized spacial score (nSPS) is 11.3. The molecule has 0 fully saturated rings. The first-order valence-electron chi connectivity index (χ1n) is 8.88. The molecule has 152 valence electrons. The molecule has 0 aliphatic rings. The summed E-state index contributed by atoms with van der Waals surface area (Å²) >= 11 is 0. The van der Waals surface area contributed by atoms with E-state index in [2.05, 4.69) is 10.0 Å². The Morgan fingerprint density at radius 3 is 2.36 bits per heavy atom. The molecule has 0 aliphatic carbocycles. The summed E-state index contributed by atoms with van der Waals surface area (Å²) in [6.07, 6.45) is 0. The van der Waals surface area contributed by atoms with Crippen molar-refractivity contribution < 1.29 is 22.7 Å². The number of ether oxygens (including phenoxy) is 2. The Morgan fingerprint density at radius 2 is 1.79 bits per heavy atom. The third-order valence-corrected chi connectivity index (χ3v) is 5.29. The first-order valence-corrected chi connectivity index (χ1v) is 10.4. The van der Waals surface area contributed by atoms with Crippen molar-refractivity contribution in [3.8, 4) is 11.5 Å². The number of nitrogens with one attached hydrogen (secondary N) is 2. The second-order valence-electron chi connectivity index (χ2n) is 6.74. The molecule has 0 heterocycles. The molecule has 0 radical (unpaired) electrons. The minimum Gasteiger partial charge on any atom is -0.497 e. The summed E-state index contributed by atoms with van der Waals surface area (Å²) in [6.45, 7) is 5.78. The van der Waals surface area contributed by atoms with Crippen LogP contribution in [0.4, 0.5) is 5.69 Å². The van der Waals surface area contributed by atoms with Gasteiger partial charge in [0.25, 0.3) is 5.91 Å². The van der Waals surface area contributed by atoms with Gasteiger partial charge in [-0.25, -0.2) is 13.1 Å². The van der Waals surface area contributed by atoms with Crippen LogP contribution in [-0.2, 0) is 14.8 Å². The van der Waals surface area contributed by atoms with Crippen molar-refractivity contribution in [1.82, 2.24) is 4.72 Å². The molecule has 2 rings (SSSR count). The predicted octanol–water partition coefficient (Wildman–Crippen LogP) is 2.96. The third-order valence-electron chi connectivity index (χ3n) is 3.87. The number of hydrogen-bond acceptors (Lipinski definition) is 5. The van der Waals surface area contributed by atoms with Gasteiger partial charge < -0.3 is 14.8 Å². The largest absolute Gasteiger partial charge is 0.497 e. The molecule has 0 saturated carbocycles. The van der Waals surface area contributed by atoms with Gasteiger partial charge in [0, 0.05) is 12.2 Å². The Bertz CT molecular complexity index is 909. The molecule has 8 heteroatoms. The molecule has 2 N–H and O–H groups in total. The molecule has 0 spiro atoms. The fraction of sp³-hybridized carbons (Fsp3) is 0.350. The fourth-order valence-corrected chi connectivity index (χ4v) is 3.62. The summed E-state index contributed by atoms with van der Waals surface area (Å²) in [6, 6.07) is 11.5. The smallest absolute Gasteiger partial charge is 0.262 e. The lowest BCUT2D eigenvalue weighted by Crippen LogP contribution is -2.27. The highest BCUT2D eigenvalue weighted by molar-refractivity contribution is 7.89. The maximum atomic E-state index is 12.3. The van der Waals surface area contributed by atoms with Crippen LogP contribution in [0.15, 0.2) is 47.4 Å². The quantitative estimate of drug-likeness (QED) is 0.668. The van der Waals surface area contributed by atoms with Gasteiger partial charge in [-0.15, -0.1) is 0 Å². The van der Waals surface area contributed by atoms with Crippen molar-refractivity contribution in [3.63, 3.8) is 0 Å². The zero-order valence-corrected chi connectivity index (χ0v) is 17.3. The summed E-state index contributed by atoms with van der Waals surface area (Å²) in [5.74, 6) is 1.04. The molecule has 0 aliphatic heterocycles. The predicted molar refractivity (Wildman–Crippen MR) is 108 cm³/mol. The number of hydrogen-bond donors (Lipinski definition) is 2. The van der Waals surface area contributed by atoms with Gasteiger partial charge in [0.1, 0.15) is 11.5 Å². The van der Waals surface area contributed by atoms with Crippen molar-refractivity contribution >= 4 is 21.6 Å². The fourth-order valence-electron chi connectivity index (χ4n) is 2.33. The van der Waals surface area contributed by atoms with Crippen LogP contribution in [-0.4, -0.2) is 34.6 Å². The summed E-state index contributed by atoms with van der Waals surface area (Å²) in [5, 5.41) is 2.72. The van der Waals surface area contributed by atoms with E-state index in [0.717, 1.165) is 0 Å². The summed E-state index contributed by atoms with van der Waals surface area (Å²) in [5.41, 5.74) is 1.26. The topological polar surface area (TPSA) is 93.7 Å². The number of amides is 1.